The predicted molar refractivity (Wildman–Crippen MR) is 72.4 cm³/mol. The fraction of sp³-hybridized carbons (Fsp3) is 0.500. The predicted octanol–water partition coefficient (Wildman–Crippen LogP) is 1.78. The molecule has 1 aliphatic rings. The van der Waals surface area contributed by atoms with E-state index in [0.29, 0.717) is 18.1 Å². The van der Waals surface area contributed by atoms with E-state index in [9.17, 15) is 4.79 Å². The lowest BCUT2D eigenvalue weighted by Gasteiger charge is -2.20. The van der Waals surface area contributed by atoms with Gasteiger partial charge in [-0.3, -0.25) is 4.79 Å². The highest BCUT2D eigenvalue weighted by Gasteiger charge is 2.26. The van der Waals surface area contributed by atoms with Gasteiger partial charge in [0.2, 0.25) is 0 Å². The molecule has 0 aliphatic heterocycles. The number of aliphatic carboxylic acids is 1. The quantitative estimate of drug-likeness (QED) is 0.867. The second-order valence-corrected chi connectivity index (χ2v) is 5.67. The highest BCUT2D eigenvalue weighted by Crippen LogP contribution is 2.33. The molecule has 19 heavy (non-hydrogen) atoms. The fourth-order valence-corrected chi connectivity index (χ4v) is 2.81. The van der Waals surface area contributed by atoms with Crippen molar-refractivity contribution in [1.82, 2.24) is 15.0 Å². The maximum Gasteiger partial charge on any atom is 0.305 e. The van der Waals surface area contributed by atoms with E-state index in [-0.39, 0.29) is 6.42 Å². The molecule has 1 N–H and O–H groups in total. The first kappa shape index (κ1) is 12.3. The largest absolute Gasteiger partial charge is 0.481 e. The zero-order valence-corrected chi connectivity index (χ0v) is 11.1. The summed E-state index contributed by atoms with van der Waals surface area (Å²) in [6.45, 7) is 1.37. The van der Waals surface area contributed by atoms with Crippen molar-refractivity contribution < 1.29 is 9.90 Å². The third-order valence-corrected chi connectivity index (χ3v) is 4.09. The Balaban J connectivity index is 1.81. The Bertz CT molecular complexity index is 563. The maximum atomic E-state index is 10.7. The van der Waals surface area contributed by atoms with Crippen LogP contribution in [0.15, 0.2) is 12.4 Å². The van der Waals surface area contributed by atoms with Crippen LogP contribution in [0.1, 0.15) is 19.3 Å². The molecule has 0 atom stereocenters. The summed E-state index contributed by atoms with van der Waals surface area (Å²) in [5.41, 5.74) is 0.638. The average molecular weight is 278 g/mol. The summed E-state index contributed by atoms with van der Waals surface area (Å²) in [5, 5.41) is 9.66. The zero-order chi connectivity index (χ0) is 13.2. The van der Waals surface area contributed by atoms with Crippen LogP contribution in [-0.2, 0) is 4.79 Å². The van der Waals surface area contributed by atoms with E-state index < -0.39 is 5.97 Å². The lowest BCUT2D eigenvalue weighted by molar-refractivity contribution is -0.136. The summed E-state index contributed by atoms with van der Waals surface area (Å²) in [5.74, 6) is -0.0973. The van der Waals surface area contributed by atoms with Crippen LogP contribution >= 0.6 is 11.3 Å². The molecule has 3 rings (SSSR count). The number of carbonyl (C=O) groups is 1. The number of carboxylic acids is 1. The van der Waals surface area contributed by atoms with Crippen molar-refractivity contribution >= 4 is 32.9 Å². The van der Waals surface area contributed by atoms with E-state index in [1.165, 1.54) is 24.2 Å². The number of hydrogen-bond donors (Lipinski definition) is 1. The molecule has 0 radical (unpaired) electrons. The minimum absolute atomic E-state index is 0.128. The van der Waals surface area contributed by atoms with Crippen LogP contribution in [0.25, 0.3) is 10.5 Å². The van der Waals surface area contributed by atoms with Crippen molar-refractivity contribution in [3.05, 3.63) is 12.4 Å². The van der Waals surface area contributed by atoms with Gasteiger partial charge in [0.05, 0.1) is 6.42 Å². The first-order valence-corrected chi connectivity index (χ1v) is 7.08. The van der Waals surface area contributed by atoms with Gasteiger partial charge in [-0.05, 0) is 18.8 Å². The summed E-state index contributed by atoms with van der Waals surface area (Å²) in [6.07, 6.45) is 5.85. The van der Waals surface area contributed by atoms with E-state index in [4.69, 9.17) is 5.11 Å². The van der Waals surface area contributed by atoms with Crippen LogP contribution in [0.3, 0.4) is 0 Å². The van der Waals surface area contributed by atoms with Crippen LogP contribution in [0.5, 0.6) is 0 Å². The molecule has 0 amide bonds. The number of anilines is 1. The van der Waals surface area contributed by atoms with E-state index in [0.717, 1.165) is 16.5 Å². The molecule has 100 valence electrons. The van der Waals surface area contributed by atoms with Crippen LogP contribution in [0.4, 0.5) is 5.13 Å². The first-order valence-electron chi connectivity index (χ1n) is 6.26. The third-order valence-electron chi connectivity index (χ3n) is 3.08. The minimum Gasteiger partial charge on any atom is -0.481 e. The molecule has 2 heterocycles. The normalized spacial score (nSPS) is 14.7. The number of thiazole rings is 1. The summed E-state index contributed by atoms with van der Waals surface area (Å²) >= 11 is 1.48. The molecule has 1 fully saturated rings. The lowest BCUT2D eigenvalue weighted by atomic mass is 10.3. The Morgan fingerprint density at radius 2 is 2.21 bits per heavy atom. The van der Waals surface area contributed by atoms with Crippen molar-refractivity contribution in [2.45, 2.75) is 19.3 Å². The SMILES string of the molecule is O=C(O)CCN(CC1CC1)c1nc2nccnc2s1. The second kappa shape index (κ2) is 5.08. The van der Waals surface area contributed by atoms with Crippen molar-refractivity contribution in [2.75, 3.05) is 18.0 Å². The Labute approximate surface area is 114 Å². The molecule has 0 saturated heterocycles. The highest BCUT2D eigenvalue weighted by molar-refractivity contribution is 7.21. The number of fused-ring (bicyclic) bond motifs is 1. The smallest absolute Gasteiger partial charge is 0.305 e. The minimum atomic E-state index is -0.779. The number of aromatic nitrogens is 3. The van der Waals surface area contributed by atoms with Gasteiger partial charge in [0.25, 0.3) is 0 Å². The number of hydrogen-bond acceptors (Lipinski definition) is 6. The molecule has 0 spiro atoms. The summed E-state index contributed by atoms with van der Waals surface area (Å²) in [7, 11) is 0. The molecule has 1 saturated carbocycles. The standard InChI is InChI=1S/C12H14N4O2S/c17-9(18)3-6-16(7-8-1-2-8)12-15-10-11(19-12)14-5-4-13-10/h4-5,8H,1-3,6-7H2,(H,17,18). The van der Waals surface area contributed by atoms with Crippen LogP contribution in [0.2, 0.25) is 0 Å². The van der Waals surface area contributed by atoms with Crippen molar-refractivity contribution in [3.63, 3.8) is 0 Å². The van der Waals surface area contributed by atoms with Gasteiger partial charge in [-0.1, -0.05) is 11.3 Å². The third kappa shape index (κ3) is 2.98. The Morgan fingerprint density at radius 1 is 1.42 bits per heavy atom. The van der Waals surface area contributed by atoms with Gasteiger partial charge in [-0.15, -0.1) is 0 Å². The second-order valence-electron chi connectivity index (χ2n) is 4.71. The van der Waals surface area contributed by atoms with Gasteiger partial charge in [0.1, 0.15) is 0 Å². The molecule has 7 heteroatoms. The molecule has 6 nitrogen and oxygen atoms in total. The van der Waals surface area contributed by atoms with Gasteiger partial charge < -0.3 is 10.0 Å². The van der Waals surface area contributed by atoms with Crippen molar-refractivity contribution in [1.29, 1.82) is 0 Å². The Morgan fingerprint density at radius 3 is 2.89 bits per heavy atom. The van der Waals surface area contributed by atoms with Crippen LogP contribution < -0.4 is 4.90 Å². The highest BCUT2D eigenvalue weighted by atomic mass is 32.1. The molecule has 2 aromatic heterocycles. The average Bonchev–Trinajstić information content (AvgIpc) is 3.10. The number of rotatable bonds is 6. The van der Waals surface area contributed by atoms with Crippen molar-refractivity contribution in [3.8, 4) is 0 Å². The van der Waals surface area contributed by atoms with Gasteiger partial charge >= 0.3 is 5.97 Å². The topological polar surface area (TPSA) is 79.2 Å². The first-order chi connectivity index (χ1) is 9.22. The van der Waals surface area contributed by atoms with Crippen LogP contribution in [-0.4, -0.2) is 39.1 Å². The number of nitrogens with zero attached hydrogens (tertiary/aromatic N) is 4. The van der Waals surface area contributed by atoms with Gasteiger partial charge in [-0.25, -0.2) is 9.97 Å². The van der Waals surface area contributed by atoms with E-state index in [1.807, 2.05) is 0 Å². The summed E-state index contributed by atoms with van der Waals surface area (Å²) < 4.78 is 0. The van der Waals surface area contributed by atoms with E-state index in [2.05, 4.69) is 19.9 Å². The van der Waals surface area contributed by atoms with Crippen molar-refractivity contribution in [2.24, 2.45) is 5.92 Å². The lowest BCUT2D eigenvalue weighted by Crippen LogP contribution is -2.28. The molecule has 1 aliphatic carbocycles. The monoisotopic (exact) mass is 278 g/mol. The fourth-order valence-electron chi connectivity index (χ4n) is 1.91. The van der Waals surface area contributed by atoms with E-state index in [1.54, 1.807) is 12.4 Å². The molecule has 0 bridgehead atoms. The van der Waals surface area contributed by atoms with Gasteiger partial charge in [0.15, 0.2) is 15.6 Å². The van der Waals surface area contributed by atoms with Gasteiger partial charge in [0, 0.05) is 25.5 Å². The molecule has 0 unspecified atom stereocenters. The Kier molecular flexibility index (Phi) is 3.29. The molecule has 0 aromatic carbocycles. The molecular weight excluding hydrogens is 264 g/mol. The molecule has 2 aromatic rings. The summed E-state index contributed by atoms with van der Waals surface area (Å²) in [4.78, 5) is 26.4. The maximum absolute atomic E-state index is 10.7. The zero-order valence-electron chi connectivity index (χ0n) is 10.3. The Hall–Kier alpha value is -1.76. The van der Waals surface area contributed by atoms with E-state index >= 15 is 0 Å². The molecular formula is C12H14N4O2S. The van der Waals surface area contributed by atoms with Gasteiger partial charge in [-0.2, -0.15) is 4.98 Å². The van der Waals surface area contributed by atoms with Crippen LogP contribution in [0, 0.1) is 5.92 Å². The number of carboxylic acid groups (broad SMARTS) is 1. The summed E-state index contributed by atoms with van der Waals surface area (Å²) in [6, 6.07) is 0.